The number of nitrogens with zero attached hydrogens (tertiary/aromatic N) is 1. The molecule has 2 heterocycles. The number of ether oxygens (including phenoxy) is 2. The average molecular weight is 591 g/mol. The summed E-state index contributed by atoms with van der Waals surface area (Å²) in [6, 6.07) is 12.9. The highest BCUT2D eigenvalue weighted by molar-refractivity contribution is 6.02. The Bertz CT molecular complexity index is 1470. The number of carbonyl (C=O) groups excluding carboxylic acids is 4. The number of methoxy groups -OCH3 is 1. The van der Waals surface area contributed by atoms with Gasteiger partial charge in [-0.1, -0.05) is 50.2 Å². The largest absolute Gasteiger partial charge is 0.469 e. The minimum Gasteiger partial charge on any atom is -0.469 e. The summed E-state index contributed by atoms with van der Waals surface area (Å²) in [6.07, 6.45) is 2.16. The topological polar surface area (TPSA) is 130 Å². The van der Waals surface area contributed by atoms with Crippen LogP contribution in [-0.2, 0) is 36.7 Å². The summed E-state index contributed by atoms with van der Waals surface area (Å²) < 4.78 is 10.4. The van der Waals surface area contributed by atoms with Gasteiger partial charge < -0.3 is 30.0 Å². The molecule has 3 aromatic rings. The molecule has 0 saturated heterocycles. The Kier molecular flexibility index (Phi) is 9.78. The zero-order chi connectivity index (χ0) is 31.3. The van der Waals surface area contributed by atoms with Gasteiger partial charge in [0.05, 0.1) is 19.6 Å². The van der Waals surface area contributed by atoms with Crippen LogP contribution in [0.25, 0.3) is 10.9 Å². The van der Waals surface area contributed by atoms with Crippen molar-refractivity contribution in [2.45, 2.75) is 84.0 Å². The molecule has 4 rings (SSSR count). The molecular weight excluding hydrogens is 548 g/mol. The molecule has 0 spiro atoms. The van der Waals surface area contributed by atoms with Crippen LogP contribution < -0.4 is 15.5 Å². The number of anilines is 1. The molecular formula is C33H42N4O6. The van der Waals surface area contributed by atoms with Crippen LogP contribution in [0.5, 0.6) is 0 Å². The lowest BCUT2D eigenvalue weighted by atomic mass is 9.99. The molecule has 0 radical (unpaired) electrons. The normalized spacial score (nSPS) is 16.0. The molecule has 1 aliphatic heterocycles. The first-order valence-corrected chi connectivity index (χ1v) is 14.7. The number of hydrogen-bond donors (Lipinski definition) is 3. The zero-order valence-corrected chi connectivity index (χ0v) is 25.7. The second-order valence-corrected chi connectivity index (χ2v) is 12.4. The molecule has 230 valence electrons. The molecule has 0 aliphatic carbocycles. The van der Waals surface area contributed by atoms with E-state index in [0.29, 0.717) is 18.5 Å². The molecule has 0 unspecified atom stereocenters. The van der Waals surface area contributed by atoms with Gasteiger partial charge in [0.15, 0.2) is 0 Å². The van der Waals surface area contributed by atoms with Crippen molar-refractivity contribution in [3.8, 4) is 0 Å². The van der Waals surface area contributed by atoms with E-state index >= 15 is 0 Å². The van der Waals surface area contributed by atoms with Crippen LogP contribution in [0.1, 0.15) is 58.6 Å². The van der Waals surface area contributed by atoms with Crippen LogP contribution in [0.4, 0.5) is 10.5 Å². The van der Waals surface area contributed by atoms with Gasteiger partial charge in [0, 0.05) is 29.2 Å². The van der Waals surface area contributed by atoms with E-state index in [9.17, 15) is 19.2 Å². The van der Waals surface area contributed by atoms with Crippen LogP contribution in [0, 0.1) is 5.92 Å². The predicted molar refractivity (Wildman–Crippen MR) is 165 cm³/mol. The SMILES string of the molecule is COC(=O)C[C@H]1Cc2ccccc2N1C(=O)[C@H](CC(C)C)NC(=O)[C@H](Cc1c[nH]c2ccccc12)NC(=O)OC(C)(C)C. The number of H-pyrrole nitrogens is 1. The van der Waals surface area contributed by atoms with E-state index in [2.05, 4.69) is 15.6 Å². The highest BCUT2D eigenvalue weighted by Crippen LogP contribution is 2.34. The molecule has 0 saturated carbocycles. The van der Waals surface area contributed by atoms with Crippen molar-refractivity contribution in [2.24, 2.45) is 5.92 Å². The number of para-hydroxylation sites is 2. The second-order valence-electron chi connectivity index (χ2n) is 12.4. The molecule has 2 aromatic carbocycles. The Morgan fingerprint density at radius 3 is 2.40 bits per heavy atom. The lowest BCUT2D eigenvalue weighted by Gasteiger charge is -2.31. The molecule has 10 heteroatoms. The third-order valence-electron chi connectivity index (χ3n) is 7.37. The Morgan fingerprint density at radius 1 is 1.00 bits per heavy atom. The van der Waals surface area contributed by atoms with Crippen molar-refractivity contribution in [3.63, 3.8) is 0 Å². The summed E-state index contributed by atoms with van der Waals surface area (Å²) >= 11 is 0. The van der Waals surface area contributed by atoms with Crippen LogP contribution in [0.15, 0.2) is 54.7 Å². The third-order valence-corrected chi connectivity index (χ3v) is 7.37. The zero-order valence-electron chi connectivity index (χ0n) is 25.7. The maximum Gasteiger partial charge on any atom is 0.408 e. The van der Waals surface area contributed by atoms with Gasteiger partial charge in [-0.25, -0.2) is 4.79 Å². The third kappa shape index (κ3) is 7.94. The van der Waals surface area contributed by atoms with Gasteiger partial charge >= 0.3 is 12.1 Å². The van der Waals surface area contributed by atoms with E-state index in [4.69, 9.17) is 9.47 Å². The highest BCUT2D eigenvalue weighted by atomic mass is 16.6. The van der Waals surface area contributed by atoms with Gasteiger partial charge in [0.2, 0.25) is 11.8 Å². The van der Waals surface area contributed by atoms with Crippen LogP contribution in [0.2, 0.25) is 0 Å². The van der Waals surface area contributed by atoms with Crippen molar-refractivity contribution >= 4 is 40.5 Å². The van der Waals surface area contributed by atoms with Gasteiger partial charge in [-0.2, -0.15) is 0 Å². The van der Waals surface area contributed by atoms with Crippen LogP contribution >= 0.6 is 0 Å². The van der Waals surface area contributed by atoms with Crippen molar-refractivity contribution in [1.82, 2.24) is 15.6 Å². The smallest absolute Gasteiger partial charge is 0.408 e. The molecule has 3 atom stereocenters. The number of esters is 1. The van der Waals surface area contributed by atoms with E-state index in [1.807, 2.05) is 68.6 Å². The van der Waals surface area contributed by atoms with E-state index in [1.54, 1.807) is 25.7 Å². The standard InChI is InChI=1S/C33H42N4O6/c1-20(2)15-27(31(40)37-23(18-29(38)42-6)16-21-11-7-10-14-28(21)37)35-30(39)26(36-32(41)43-33(3,4)5)17-22-19-34-25-13-9-8-12-24(22)25/h7-14,19-20,23,26-27,34H,15-18H2,1-6H3,(H,35,39)(H,36,41)/t23-,26+,27+/m1/s1. The van der Waals surface area contributed by atoms with Crippen LogP contribution in [0.3, 0.4) is 0 Å². The lowest BCUT2D eigenvalue weighted by molar-refractivity contribution is -0.141. The maximum atomic E-state index is 14.2. The minimum absolute atomic E-state index is 0.0304. The fraction of sp³-hybridized carbons (Fsp3) is 0.455. The number of carbonyl (C=O) groups is 4. The Labute approximate surface area is 252 Å². The van der Waals surface area contributed by atoms with Crippen LogP contribution in [-0.4, -0.2) is 59.7 Å². The van der Waals surface area contributed by atoms with Gasteiger partial charge in [-0.15, -0.1) is 0 Å². The van der Waals surface area contributed by atoms with Crippen molar-refractivity contribution in [1.29, 1.82) is 0 Å². The average Bonchev–Trinajstić information content (AvgIpc) is 3.51. The molecule has 1 aliphatic rings. The number of amides is 3. The molecule has 3 N–H and O–H groups in total. The van der Waals surface area contributed by atoms with Gasteiger partial charge in [0.25, 0.3) is 0 Å². The molecule has 1 aromatic heterocycles. The van der Waals surface area contributed by atoms with Gasteiger partial charge in [-0.3, -0.25) is 14.4 Å². The van der Waals surface area contributed by atoms with Gasteiger partial charge in [-0.05, 0) is 62.8 Å². The molecule has 3 amide bonds. The lowest BCUT2D eigenvalue weighted by Crippen LogP contribution is -2.56. The first-order chi connectivity index (χ1) is 20.4. The molecule has 10 nitrogen and oxygen atoms in total. The molecule has 0 bridgehead atoms. The summed E-state index contributed by atoms with van der Waals surface area (Å²) in [5, 5.41) is 6.61. The number of rotatable bonds is 10. The Balaban J connectivity index is 1.62. The summed E-state index contributed by atoms with van der Waals surface area (Å²) in [4.78, 5) is 58.1. The van der Waals surface area contributed by atoms with Crippen molar-refractivity contribution in [3.05, 3.63) is 65.9 Å². The van der Waals surface area contributed by atoms with Gasteiger partial charge in [0.1, 0.15) is 17.7 Å². The number of aromatic nitrogens is 1. The number of benzene rings is 2. The first-order valence-electron chi connectivity index (χ1n) is 14.7. The molecule has 43 heavy (non-hydrogen) atoms. The maximum absolute atomic E-state index is 14.2. The summed E-state index contributed by atoms with van der Waals surface area (Å²) in [6.45, 7) is 9.18. The number of aromatic amines is 1. The second kappa shape index (κ2) is 13.3. The number of alkyl carbamates (subject to hydrolysis) is 1. The minimum atomic E-state index is -1.02. The number of hydrogen-bond acceptors (Lipinski definition) is 6. The number of nitrogens with one attached hydrogen (secondary N) is 3. The fourth-order valence-corrected chi connectivity index (χ4v) is 5.51. The van der Waals surface area contributed by atoms with E-state index in [-0.39, 0.29) is 24.7 Å². The first kappa shape index (κ1) is 31.6. The highest BCUT2D eigenvalue weighted by Gasteiger charge is 2.39. The van der Waals surface area contributed by atoms with E-state index in [1.165, 1.54) is 7.11 Å². The fourth-order valence-electron chi connectivity index (χ4n) is 5.51. The monoisotopic (exact) mass is 590 g/mol. The van der Waals surface area contributed by atoms with Crippen molar-refractivity contribution < 1.29 is 28.7 Å². The Hall–Kier alpha value is -4.34. The van der Waals surface area contributed by atoms with Crippen molar-refractivity contribution in [2.75, 3.05) is 12.0 Å². The summed E-state index contributed by atoms with van der Waals surface area (Å²) in [5.41, 5.74) is 2.64. The van der Waals surface area contributed by atoms with E-state index in [0.717, 1.165) is 22.0 Å². The van der Waals surface area contributed by atoms with E-state index < -0.39 is 41.7 Å². The summed E-state index contributed by atoms with van der Waals surface area (Å²) in [5.74, 6) is -1.17. The number of fused-ring (bicyclic) bond motifs is 2. The summed E-state index contributed by atoms with van der Waals surface area (Å²) in [7, 11) is 1.32. The predicted octanol–water partition coefficient (Wildman–Crippen LogP) is 4.66. The Morgan fingerprint density at radius 2 is 1.70 bits per heavy atom. The quantitative estimate of drug-likeness (QED) is 0.295. The molecule has 0 fully saturated rings.